The monoisotopic (exact) mass is 321 g/mol. The number of carbonyl (C=O) groups excluding carboxylic acids is 1. The molecule has 0 radical (unpaired) electrons. The summed E-state index contributed by atoms with van der Waals surface area (Å²) < 4.78 is 15.0. The first kappa shape index (κ1) is 17.0. The fourth-order valence-electron chi connectivity index (χ4n) is 1.69. The van der Waals surface area contributed by atoms with Crippen molar-refractivity contribution in [2.45, 2.75) is 18.9 Å². The number of hydrogen-bond donors (Lipinski definition) is 1. The SMILES string of the molecule is COCOCCC[C@H](OC(N)=O)c1ccc(Cl)cc1Cl. The molecule has 20 heavy (non-hydrogen) atoms. The van der Waals surface area contributed by atoms with Crippen molar-refractivity contribution in [3.63, 3.8) is 0 Å². The predicted molar refractivity (Wildman–Crippen MR) is 76.9 cm³/mol. The average Bonchev–Trinajstić information content (AvgIpc) is 2.37. The van der Waals surface area contributed by atoms with Crippen molar-refractivity contribution in [2.75, 3.05) is 20.5 Å². The number of methoxy groups -OCH3 is 1. The van der Waals surface area contributed by atoms with Crippen molar-refractivity contribution < 1.29 is 19.0 Å². The quantitative estimate of drug-likeness (QED) is 0.587. The molecule has 1 rings (SSSR count). The molecule has 0 aliphatic rings. The van der Waals surface area contributed by atoms with Gasteiger partial charge in [-0.05, 0) is 25.0 Å². The molecule has 5 nitrogen and oxygen atoms in total. The summed E-state index contributed by atoms with van der Waals surface area (Å²) in [4.78, 5) is 11.0. The average molecular weight is 322 g/mol. The van der Waals surface area contributed by atoms with E-state index in [9.17, 15) is 4.79 Å². The summed E-state index contributed by atoms with van der Waals surface area (Å²) in [6, 6.07) is 4.99. The fraction of sp³-hybridized carbons (Fsp3) is 0.462. The second-order valence-electron chi connectivity index (χ2n) is 4.05. The van der Waals surface area contributed by atoms with Crippen LogP contribution in [0.4, 0.5) is 4.79 Å². The summed E-state index contributed by atoms with van der Waals surface area (Å²) in [5.41, 5.74) is 5.75. The van der Waals surface area contributed by atoms with Crippen LogP contribution >= 0.6 is 23.2 Å². The lowest BCUT2D eigenvalue weighted by atomic mass is 10.0. The van der Waals surface area contributed by atoms with Crippen molar-refractivity contribution in [2.24, 2.45) is 5.73 Å². The van der Waals surface area contributed by atoms with E-state index in [-0.39, 0.29) is 6.79 Å². The number of ether oxygens (including phenoxy) is 3. The molecular formula is C13H17Cl2NO4. The lowest BCUT2D eigenvalue weighted by molar-refractivity contribution is -0.0340. The van der Waals surface area contributed by atoms with Crippen LogP contribution in [0, 0.1) is 0 Å². The highest BCUT2D eigenvalue weighted by atomic mass is 35.5. The van der Waals surface area contributed by atoms with E-state index in [1.54, 1.807) is 25.3 Å². The third-order valence-electron chi connectivity index (χ3n) is 2.52. The third kappa shape index (κ3) is 5.96. The highest BCUT2D eigenvalue weighted by Gasteiger charge is 2.18. The Labute approximate surface area is 127 Å². The third-order valence-corrected chi connectivity index (χ3v) is 3.09. The van der Waals surface area contributed by atoms with Gasteiger partial charge in [0, 0.05) is 29.3 Å². The molecule has 112 valence electrons. The molecule has 0 heterocycles. The number of halogens is 2. The Hall–Kier alpha value is -1.01. The van der Waals surface area contributed by atoms with Gasteiger partial charge >= 0.3 is 6.09 Å². The van der Waals surface area contributed by atoms with E-state index in [4.69, 9.17) is 43.1 Å². The highest BCUT2D eigenvalue weighted by molar-refractivity contribution is 6.35. The second-order valence-corrected chi connectivity index (χ2v) is 4.89. The van der Waals surface area contributed by atoms with Crippen LogP contribution < -0.4 is 5.73 Å². The maximum absolute atomic E-state index is 11.0. The smallest absolute Gasteiger partial charge is 0.405 e. The Balaban J connectivity index is 2.65. The molecule has 0 bridgehead atoms. The number of benzene rings is 1. The zero-order valence-electron chi connectivity index (χ0n) is 11.1. The zero-order chi connectivity index (χ0) is 15.0. The van der Waals surface area contributed by atoms with Crippen LogP contribution in [0.3, 0.4) is 0 Å². The summed E-state index contributed by atoms with van der Waals surface area (Å²) in [6.45, 7) is 0.709. The van der Waals surface area contributed by atoms with Gasteiger partial charge in [0.25, 0.3) is 0 Å². The van der Waals surface area contributed by atoms with Gasteiger partial charge in [-0.2, -0.15) is 0 Å². The first-order valence-electron chi connectivity index (χ1n) is 6.02. The van der Waals surface area contributed by atoms with Crippen LogP contribution in [0.2, 0.25) is 10.0 Å². The van der Waals surface area contributed by atoms with E-state index in [2.05, 4.69) is 0 Å². The Morgan fingerprint density at radius 1 is 1.40 bits per heavy atom. The normalized spacial score (nSPS) is 12.2. The fourth-order valence-corrected chi connectivity index (χ4v) is 2.22. The van der Waals surface area contributed by atoms with Gasteiger partial charge in [-0.3, -0.25) is 0 Å². The van der Waals surface area contributed by atoms with E-state index in [1.165, 1.54) is 0 Å². The van der Waals surface area contributed by atoms with Crippen molar-refractivity contribution >= 4 is 29.3 Å². The minimum absolute atomic E-state index is 0.225. The summed E-state index contributed by atoms with van der Waals surface area (Å²) in [6.07, 6.45) is -0.170. The van der Waals surface area contributed by atoms with E-state index < -0.39 is 12.2 Å². The van der Waals surface area contributed by atoms with Gasteiger partial charge < -0.3 is 19.9 Å². The Bertz CT molecular complexity index is 442. The molecular weight excluding hydrogens is 305 g/mol. The summed E-state index contributed by atoms with van der Waals surface area (Å²) in [5.74, 6) is 0. The molecule has 0 aliphatic carbocycles. The molecule has 0 saturated carbocycles. The highest BCUT2D eigenvalue weighted by Crippen LogP contribution is 2.31. The number of rotatable bonds is 8. The van der Waals surface area contributed by atoms with Gasteiger partial charge in [0.05, 0.1) is 0 Å². The van der Waals surface area contributed by atoms with Crippen LogP contribution in [0.1, 0.15) is 24.5 Å². The van der Waals surface area contributed by atoms with Crippen molar-refractivity contribution in [1.82, 2.24) is 0 Å². The van der Waals surface area contributed by atoms with Gasteiger partial charge in [0.1, 0.15) is 12.9 Å². The van der Waals surface area contributed by atoms with Crippen LogP contribution in [-0.2, 0) is 14.2 Å². The molecule has 0 spiro atoms. The Kier molecular flexibility index (Phi) is 7.69. The number of carbonyl (C=O) groups is 1. The molecule has 1 amide bonds. The van der Waals surface area contributed by atoms with Crippen molar-refractivity contribution in [3.8, 4) is 0 Å². The lowest BCUT2D eigenvalue weighted by Gasteiger charge is -2.18. The van der Waals surface area contributed by atoms with E-state index in [0.29, 0.717) is 35.1 Å². The topological polar surface area (TPSA) is 70.8 Å². The minimum Gasteiger partial charge on any atom is -0.441 e. The molecule has 2 N–H and O–H groups in total. The predicted octanol–water partition coefficient (Wildman–Crippen LogP) is 3.53. The van der Waals surface area contributed by atoms with Gasteiger partial charge in [-0.25, -0.2) is 4.79 Å². The first-order valence-corrected chi connectivity index (χ1v) is 6.78. The first-order chi connectivity index (χ1) is 9.54. The molecule has 1 aromatic carbocycles. The lowest BCUT2D eigenvalue weighted by Crippen LogP contribution is -2.18. The molecule has 0 unspecified atom stereocenters. The van der Waals surface area contributed by atoms with E-state index >= 15 is 0 Å². The zero-order valence-corrected chi connectivity index (χ0v) is 12.6. The molecule has 1 aromatic rings. The standard InChI is InChI=1S/C13H17Cl2NO4/c1-18-8-19-6-2-3-12(20-13(16)17)10-5-4-9(14)7-11(10)15/h4-5,7,12H,2-3,6,8H2,1H3,(H2,16,17)/t12-/m0/s1. The van der Waals surface area contributed by atoms with Crippen LogP contribution in [0.5, 0.6) is 0 Å². The van der Waals surface area contributed by atoms with E-state index in [1.807, 2.05) is 0 Å². The second kappa shape index (κ2) is 9.02. The number of amides is 1. The van der Waals surface area contributed by atoms with Crippen molar-refractivity contribution in [1.29, 1.82) is 0 Å². The number of primary amides is 1. The number of hydrogen-bond acceptors (Lipinski definition) is 4. The van der Waals surface area contributed by atoms with Gasteiger partial charge in [-0.15, -0.1) is 0 Å². The Morgan fingerprint density at radius 2 is 2.15 bits per heavy atom. The van der Waals surface area contributed by atoms with Gasteiger partial charge in [0.15, 0.2) is 0 Å². The molecule has 0 fully saturated rings. The van der Waals surface area contributed by atoms with Crippen molar-refractivity contribution in [3.05, 3.63) is 33.8 Å². The maximum atomic E-state index is 11.0. The largest absolute Gasteiger partial charge is 0.441 e. The van der Waals surface area contributed by atoms with Gasteiger partial charge in [-0.1, -0.05) is 29.3 Å². The maximum Gasteiger partial charge on any atom is 0.405 e. The summed E-state index contributed by atoms with van der Waals surface area (Å²) in [5, 5.41) is 0.946. The van der Waals surface area contributed by atoms with Crippen LogP contribution in [0.25, 0.3) is 0 Å². The number of nitrogens with two attached hydrogens (primary N) is 1. The summed E-state index contributed by atoms with van der Waals surface area (Å²) in [7, 11) is 1.55. The molecule has 1 atom stereocenters. The minimum atomic E-state index is -0.848. The van der Waals surface area contributed by atoms with Gasteiger partial charge in [0.2, 0.25) is 0 Å². The molecule has 0 aliphatic heterocycles. The van der Waals surface area contributed by atoms with Crippen LogP contribution in [0.15, 0.2) is 18.2 Å². The molecule has 7 heteroatoms. The molecule has 0 aromatic heterocycles. The Morgan fingerprint density at radius 3 is 2.75 bits per heavy atom. The summed E-state index contributed by atoms with van der Waals surface area (Å²) >= 11 is 11.9. The molecule has 0 saturated heterocycles. The van der Waals surface area contributed by atoms with E-state index in [0.717, 1.165) is 0 Å². The van der Waals surface area contributed by atoms with Crippen LogP contribution in [-0.4, -0.2) is 26.6 Å².